The van der Waals surface area contributed by atoms with Crippen molar-refractivity contribution in [2.45, 2.75) is 24.8 Å². The second-order valence-electron chi connectivity index (χ2n) is 5.91. The van der Waals surface area contributed by atoms with Crippen LogP contribution in [0.25, 0.3) is 15.5 Å². The zero-order chi connectivity index (χ0) is 18.9. The predicted molar refractivity (Wildman–Crippen MR) is 104 cm³/mol. The Balaban J connectivity index is 1.49. The molecule has 7 nitrogen and oxygen atoms in total. The SMILES string of the molecule is CCc1nnc2sc(-c3ccc(CNS(=O)(=O)c4ccccc4)cc3)nn12. The second-order valence-corrected chi connectivity index (χ2v) is 8.63. The molecule has 0 amide bonds. The van der Waals surface area contributed by atoms with E-state index in [1.165, 1.54) is 11.3 Å². The molecule has 2 aromatic carbocycles. The Morgan fingerprint density at radius 1 is 1.04 bits per heavy atom. The monoisotopic (exact) mass is 399 g/mol. The lowest BCUT2D eigenvalue weighted by atomic mass is 10.1. The van der Waals surface area contributed by atoms with Crippen molar-refractivity contribution in [2.75, 3.05) is 0 Å². The minimum Gasteiger partial charge on any atom is -0.207 e. The summed E-state index contributed by atoms with van der Waals surface area (Å²) in [5.74, 6) is 0.833. The van der Waals surface area contributed by atoms with Crippen LogP contribution in [0.3, 0.4) is 0 Å². The molecule has 0 aliphatic heterocycles. The quantitative estimate of drug-likeness (QED) is 0.538. The van der Waals surface area contributed by atoms with Crippen LogP contribution in [0.4, 0.5) is 0 Å². The molecule has 2 aromatic heterocycles. The summed E-state index contributed by atoms with van der Waals surface area (Å²) in [6, 6.07) is 16.0. The summed E-state index contributed by atoms with van der Waals surface area (Å²) in [4.78, 5) is 1.02. The van der Waals surface area contributed by atoms with Crippen LogP contribution in [0.5, 0.6) is 0 Å². The third-order valence-electron chi connectivity index (χ3n) is 4.09. The van der Waals surface area contributed by atoms with Crippen molar-refractivity contribution in [3.05, 3.63) is 66.0 Å². The Bertz CT molecular complexity index is 1170. The van der Waals surface area contributed by atoms with Crippen LogP contribution in [0, 0.1) is 0 Å². The lowest BCUT2D eigenvalue weighted by molar-refractivity contribution is 0.581. The van der Waals surface area contributed by atoms with Crippen LogP contribution in [-0.2, 0) is 23.0 Å². The van der Waals surface area contributed by atoms with Crippen LogP contribution in [-0.4, -0.2) is 28.2 Å². The fourth-order valence-corrected chi connectivity index (χ4v) is 4.52. The Kier molecular flexibility index (Phi) is 4.73. The van der Waals surface area contributed by atoms with Crippen LogP contribution in [0.2, 0.25) is 0 Å². The van der Waals surface area contributed by atoms with Crippen LogP contribution < -0.4 is 4.72 Å². The standard InChI is InChI=1S/C18H17N5O2S2/c1-2-16-20-21-18-23(16)22-17(26-18)14-10-8-13(9-11-14)12-19-27(24,25)15-6-4-3-5-7-15/h3-11,19H,2,12H2,1H3. The average molecular weight is 400 g/mol. The molecule has 0 aliphatic carbocycles. The largest absolute Gasteiger partial charge is 0.240 e. The summed E-state index contributed by atoms with van der Waals surface area (Å²) >= 11 is 1.47. The highest BCUT2D eigenvalue weighted by Gasteiger charge is 2.14. The van der Waals surface area contributed by atoms with E-state index in [1.54, 1.807) is 34.8 Å². The van der Waals surface area contributed by atoms with Crippen LogP contribution >= 0.6 is 11.3 Å². The van der Waals surface area contributed by atoms with E-state index in [1.807, 2.05) is 31.2 Å². The van der Waals surface area contributed by atoms with E-state index in [0.717, 1.165) is 33.3 Å². The average Bonchev–Trinajstić information content (AvgIpc) is 3.28. The summed E-state index contributed by atoms with van der Waals surface area (Å²) in [7, 11) is -3.52. The molecule has 0 saturated carbocycles. The van der Waals surface area contributed by atoms with Gasteiger partial charge in [-0.1, -0.05) is 60.7 Å². The van der Waals surface area contributed by atoms with Gasteiger partial charge in [-0.15, -0.1) is 10.2 Å². The van der Waals surface area contributed by atoms with Gasteiger partial charge in [0, 0.05) is 18.5 Å². The van der Waals surface area contributed by atoms with E-state index in [0.29, 0.717) is 0 Å². The molecule has 0 aliphatic rings. The van der Waals surface area contributed by atoms with Gasteiger partial charge >= 0.3 is 0 Å². The molecule has 0 spiro atoms. The molecule has 4 aromatic rings. The lowest BCUT2D eigenvalue weighted by Crippen LogP contribution is -2.23. The molecule has 138 valence electrons. The zero-order valence-corrected chi connectivity index (χ0v) is 16.2. The smallest absolute Gasteiger partial charge is 0.207 e. The highest BCUT2D eigenvalue weighted by atomic mass is 32.2. The number of aromatic nitrogens is 4. The molecule has 0 atom stereocenters. The summed E-state index contributed by atoms with van der Waals surface area (Å²) in [6.07, 6.45) is 0.769. The van der Waals surface area contributed by atoms with E-state index in [4.69, 9.17) is 0 Å². The van der Waals surface area contributed by atoms with E-state index >= 15 is 0 Å². The molecule has 0 unspecified atom stereocenters. The second kappa shape index (κ2) is 7.18. The van der Waals surface area contributed by atoms with Gasteiger partial charge < -0.3 is 0 Å². The predicted octanol–water partition coefficient (Wildman–Crippen LogP) is 2.89. The van der Waals surface area contributed by atoms with Gasteiger partial charge in [0.1, 0.15) is 5.01 Å². The van der Waals surface area contributed by atoms with Gasteiger partial charge in [0.15, 0.2) is 5.82 Å². The molecule has 4 rings (SSSR count). The fourth-order valence-electron chi connectivity index (χ4n) is 2.62. The maximum absolute atomic E-state index is 12.3. The molecule has 27 heavy (non-hydrogen) atoms. The summed E-state index contributed by atoms with van der Waals surface area (Å²) < 4.78 is 29.0. The molecular weight excluding hydrogens is 382 g/mol. The van der Waals surface area contributed by atoms with Crippen LogP contribution in [0.15, 0.2) is 59.5 Å². The Morgan fingerprint density at radius 3 is 2.48 bits per heavy atom. The molecule has 9 heteroatoms. The Morgan fingerprint density at radius 2 is 1.78 bits per heavy atom. The number of hydrogen-bond acceptors (Lipinski definition) is 6. The molecule has 1 N–H and O–H groups in total. The highest BCUT2D eigenvalue weighted by Crippen LogP contribution is 2.25. The normalized spacial score (nSPS) is 11.9. The highest BCUT2D eigenvalue weighted by molar-refractivity contribution is 7.89. The van der Waals surface area contributed by atoms with Crippen molar-refractivity contribution in [3.63, 3.8) is 0 Å². The fraction of sp³-hybridized carbons (Fsp3) is 0.167. The molecular formula is C18H17N5O2S2. The first-order valence-corrected chi connectivity index (χ1v) is 10.7. The van der Waals surface area contributed by atoms with Gasteiger partial charge in [-0.3, -0.25) is 0 Å². The van der Waals surface area contributed by atoms with Crippen molar-refractivity contribution >= 4 is 26.3 Å². The number of hydrogen-bond donors (Lipinski definition) is 1. The van der Waals surface area contributed by atoms with Gasteiger partial charge in [-0.25, -0.2) is 13.1 Å². The van der Waals surface area contributed by atoms with E-state index in [9.17, 15) is 8.42 Å². The van der Waals surface area contributed by atoms with Gasteiger partial charge in [0.2, 0.25) is 15.0 Å². The van der Waals surface area contributed by atoms with Crippen LogP contribution in [0.1, 0.15) is 18.3 Å². The van der Waals surface area contributed by atoms with Gasteiger partial charge in [0.25, 0.3) is 0 Å². The third-order valence-corrected chi connectivity index (χ3v) is 6.46. The lowest BCUT2D eigenvalue weighted by Gasteiger charge is -2.07. The number of rotatable bonds is 6. The summed E-state index contributed by atoms with van der Waals surface area (Å²) in [5.41, 5.74) is 1.83. The Hall–Kier alpha value is -2.62. The molecule has 2 heterocycles. The first kappa shape index (κ1) is 17.8. The first-order chi connectivity index (χ1) is 13.1. The van der Waals surface area contributed by atoms with Crippen molar-refractivity contribution < 1.29 is 8.42 Å². The van der Waals surface area contributed by atoms with Gasteiger partial charge in [-0.05, 0) is 17.7 Å². The topological polar surface area (TPSA) is 89.2 Å². The van der Waals surface area contributed by atoms with E-state index < -0.39 is 10.0 Å². The maximum atomic E-state index is 12.3. The molecule has 0 radical (unpaired) electrons. The maximum Gasteiger partial charge on any atom is 0.240 e. The molecule has 0 saturated heterocycles. The number of nitrogens with one attached hydrogen (secondary N) is 1. The number of aryl methyl sites for hydroxylation is 1. The van der Waals surface area contributed by atoms with Gasteiger partial charge in [-0.2, -0.15) is 9.61 Å². The van der Waals surface area contributed by atoms with Crippen molar-refractivity contribution in [3.8, 4) is 10.6 Å². The van der Waals surface area contributed by atoms with Gasteiger partial charge in [0.05, 0.1) is 4.90 Å². The van der Waals surface area contributed by atoms with Crippen molar-refractivity contribution in [2.24, 2.45) is 0 Å². The van der Waals surface area contributed by atoms with E-state index in [2.05, 4.69) is 20.0 Å². The number of benzene rings is 2. The number of nitrogens with zero attached hydrogens (tertiary/aromatic N) is 4. The molecule has 0 bridgehead atoms. The third kappa shape index (κ3) is 3.61. The first-order valence-electron chi connectivity index (χ1n) is 8.42. The number of sulfonamides is 1. The summed E-state index contributed by atoms with van der Waals surface area (Å²) in [6.45, 7) is 2.24. The minimum atomic E-state index is -3.52. The van der Waals surface area contributed by atoms with Crippen molar-refractivity contribution in [1.29, 1.82) is 0 Å². The molecule has 0 fully saturated rings. The summed E-state index contributed by atoms with van der Waals surface area (Å²) in [5, 5.41) is 13.6. The number of fused-ring (bicyclic) bond motifs is 1. The zero-order valence-electron chi connectivity index (χ0n) is 14.5. The van der Waals surface area contributed by atoms with Crippen molar-refractivity contribution in [1.82, 2.24) is 24.5 Å². The minimum absolute atomic E-state index is 0.225. The Labute approximate surface area is 160 Å². The van der Waals surface area contributed by atoms with E-state index in [-0.39, 0.29) is 11.4 Å².